The Hall–Kier alpha value is -0.960. The zero-order chi connectivity index (χ0) is 13.8. The first-order chi connectivity index (χ1) is 8.28. The number of carbonyl (C=O) groups excluding carboxylic acids is 1. The van der Waals surface area contributed by atoms with E-state index in [1.54, 1.807) is 11.8 Å². The lowest BCUT2D eigenvalue weighted by molar-refractivity contribution is -0.119. The molecule has 0 unspecified atom stereocenters. The zero-order valence-electron chi connectivity index (χ0n) is 11.9. The Kier molecular flexibility index (Phi) is 5.27. The van der Waals surface area contributed by atoms with Crippen LogP contribution in [0.25, 0.3) is 0 Å². The number of hydrogen-bond acceptors (Lipinski definition) is 2. The predicted molar refractivity (Wildman–Crippen MR) is 79.2 cm³/mol. The molecule has 3 heteroatoms. The highest BCUT2D eigenvalue weighted by atomic mass is 32.2. The molecule has 1 amide bonds. The second-order valence-corrected chi connectivity index (χ2v) is 6.86. The molecule has 0 aliphatic heterocycles. The van der Waals surface area contributed by atoms with Gasteiger partial charge in [0.2, 0.25) is 5.91 Å². The molecule has 1 aromatic rings. The summed E-state index contributed by atoms with van der Waals surface area (Å²) in [5.41, 5.74) is 1.18. The zero-order valence-corrected chi connectivity index (χ0v) is 12.7. The summed E-state index contributed by atoms with van der Waals surface area (Å²) in [6, 6.07) is 8.44. The van der Waals surface area contributed by atoms with Crippen molar-refractivity contribution in [3.63, 3.8) is 0 Å². The van der Waals surface area contributed by atoms with E-state index in [0.717, 1.165) is 4.90 Å². The summed E-state index contributed by atoms with van der Waals surface area (Å²) in [7, 11) is 0. The van der Waals surface area contributed by atoms with Crippen molar-refractivity contribution >= 4 is 17.7 Å². The number of rotatable bonds is 4. The smallest absolute Gasteiger partial charge is 0.230 e. The van der Waals surface area contributed by atoms with Crippen molar-refractivity contribution in [3.05, 3.63) is 29.8 Å². The summed E-state index contributed by atoms with van der Waals surface area (Å²) >= 11 is 1.58. The summed E-state index contributed by atoms with van der Waals surface area (Å²) in [4.78, 5) is 12.8. The molecule has 0 fully saturated rings. The standard InChI is InChI=1S/C15H23NOS/c1-11(2)12-6-8-13(9-7-12)18-10-14(17)16-15(3,4)5/h6-9,11H,10H2,1-5H3,(H,16,17). The van der Waals surface area contributed by atoms with Crippen LogP contribution in [0.15, 0.2) is 29.2 Å². The van der Waals surface area contributed by atoms with Crippen LogP contribution in [0.4, 0.5) is 0 Å². The van der Waals surface area contributed by atoms with E-state index in [9.17, 15) is 4.79 Å². The fraction of sp³-hybridized carbons (Fsp3) is 0.533. The van der Waals surface area contributed by atoms with Crippen LogP contribution in [-0.4, -0.2) is 17.2 Å². The highest BCUT2D eigenvalue weighted by Gasteiger charge is 2.13. The molecule has 1 N–H and O–H groups in total. The molecule has 0 saturated carbocycles. The third-order valence-electron chi connectivity index (χ3n) is 2.43. The van der Waals surface area contributed by atoms with E-state index in [2.05, 4.69) is 43.4 Å². The Labute approximate surface area is 115 Å². The third-order valence-corrected chi connectivity index (χ3v) is 3.44. The SMILES string of the molecule is CC(C)c1ccc(SCC(=O)NC(C)(C)C)cc1. The summed E-state index contributed by atoms with van der Waals surface area (Å²) in [5.74, 6) is 1.10. The van der Waals surface area contributed by atoms with Gasteiger partial charge in [-0.2, -0.15) is 0 Å². The summed E-state index contributed by atoms with van der Waals surface area (Å²) in [5, 5.41) is 2.96. The van der Waals surface area contributed by atoms with Crippen molar-refractivity contribution in [1.29, 1.82) is 0 Å². The molecule has 0 saturated heterocycles. The van der Waals surface area contributed by atoms with Crippen molar-refractivity contribution in [1.82, 2.24) is 5.32 Å². The van der Waals surface area contributed by atoms with Gasteiger partial charge in [0.15, 0.2) is 0 Å². The lowest BCUT2D eigenvalue weighted by Crippen LogP contribution is -2.41. The largest absolute Gasteiger partial charge is 0.351 e. The Balaban J connectivity index is 2.46. The van der Waals surface area contributed by atoms with Crippen molar-refractivity contribution < 1.29 is 4.79 Å². The maximum absolute atomic E-state index is 11.7. The minimum Gasteiger partial charge on any atom is -0.351 e. The molecule has 0 aromatic heterocycles. The van der Waals surface area contributed by atoms with E-state index in [-0.39, 0.29) is 11.4 Å². The van der Waals surface area contributed by atoms with E-state index in [1.807, 2.05) is 20.8 Å². The second kappa shape index (κ2) is 6.28. The predicted octanol–water partition coefficient (Wildman–Crippen LogP) is 3.82. The number of benzene rings is 1. The van der Waals surface area contributed by atoms with Crippen LogP contribution in [0, 0.1) is 0 Å². The Bertz CT molecular complexity index is 390. The average molecular weight is 265 g/mol. The Morgan fingerprint density at radius 1 is 1.22 bits per heavy atom. The van der Waals surface area contributed by atoms with Gasteiger partial charge < -0.3 is 5.32 Å². The van der Waals surface area contributed by atoms with Crippen molar-refractivity contribution in [2.45, 2.75) is 51.0 Å². The molecule has 0 heterocycles. The van der Waals surface area contributed by atoms with Crippen LogP contribution in [0.2, 0.25) is 0 Å². The quantitative estimate of drug-likeness (QED) is 0.839. The van der Waals surface area contributed by atoms with Gasteiger partial charge >= 0.3 is 0 Å². The fourth-order valence-electron chi connectivity index (χ4n) is 1.55. The van der Waals surface area contributed by atoms with E-state index in [1.165, 1.54) is 5.56 Å². The first kappa shape index (κ1) is 15.1. The van der Waals surface area contributed by atoms with Crippen molar-refractivity contribution in [2.24, 2.45) is 0 Å². The number of hydrogen-bond donors (Lipinski definition) is 1. The highest BCUT2D eigenvalue weighted by molar-refractivity contribution is 8.00. The molecular formula is C15H23NOS. The van der Waals surface area contributed by atoms with Gasteiger partial charge in [-0.3, -0.25) is 4.79 Å². The van der Waals surface area contributed by atoms with Gasteiger partial charge in [-0.15, -0.1) is 11.8 Å². The van der Waals surface area contributed by atoms with Gasteiger partial charge in [0.1, 0.15) is 0 Å². The monoisotopic (exact) mass is 265 g/mol. The molecule has 0 atom stereocenters. The molecule has 0 radical (unpaired) electrons. The number of amides is 1. The topological polar surface area (TPSA) is 29.1 Å². The van der Waals surface area contributed by atoms with Crippen LogP contribution >= 0.6 is 11.8 Å². The van der Waals surface area contributed by atoms with E-state index >= 15 is 0 Å². The van der Waals surface area contributed by atoms with Crippen LogP contribution in [0.1, 0.15) is 46.1 Å². The summed E-state index contributed by atoms with van der Waals surface area (Å²) in [6.07, 6.45) is 0. The van der Waals surface area contributed by atoms with Crippen LogP contribution in [0.5, 0.6) is 0 Å². The average Bonchev–Trinajstić information content (AvgIpc) is 2.24. The molecule has 0 aliphatic rings. The van der Waals surface area contributed by atoms with Gasteiger partial charge in [-0.25, -0.2) is 0 Å². The number of thioether (sulfide) groups is 1. The Morgan fingerprint density at radius 3 is 2.22 bits per heavy atom. The van der Waals surface area contributed by atoms with Crippen LogP contribution in [-0.2, 0) is 4.79 Å². The summed E-state index contributed by atoms with van der Waals surface area (Å²) in [6.45, 7) is 10.3. The maximum Gasteiger partial charge on any atom is 0.230 e. The third kappa shape index (κ3) is 5.58. The minimum atomic E-state index is -0.154. The highest BCUT2D eigenvalue weighted by Crippen LogP contribution is 2.21. The second-order valence-electron chi connectivity index (χ2n) is 5.81. The fourth-order valence-corrected chi connectivity index (χ4v) is 2.25. The van der Waals surface area contributed by atoms with Crippen LogP contribution < -0.4 is 5.32 Å². The molecule has 100 valence electrons. The molecule has 0 spiro atoms. The van der Waals surface area contributed by atoms with Gasteiger partial charge in [0.25, 0.3) is 0 Å². The number of nitrogens with one attached hydrogen (secondary N) is 1. The lowest BCUT2D eigenvalue weighted by atomic mass is 10.0. The Morgan fingerprint density at radius 2 is 1.78 bits per heavy atom. The molecule has 1 rings (SSSR count). The van der Waals surface area contributed by atoms with Crippen molar-refractivity contribution in [2.75, 3.05) is 5.75 Å². The molecule has 2 nitrogen and oxygen atoms in total. The summed E-state index contributed by atoms with van der Waals surface area (Å²) < 4.78 is 0. The van der Waals surface area contributed by atoms with E-state index in [0.29, 0.717) is 11.7 Å². The number of carbonyl (C=O) groups is 1. The van der Waals surface area contributed by atoms with E-state index in [4.69, 9.17) is 0 Å². The first-order valence-corrected chi connectivity index (χ1v) is 7.30. The van der Waals surface area contributed by atoms with Crippen LogP contribution in [0.3, 0.4) is 0 Å². The van der Waals surface area contributed by atoms with Gasteiger partial charge in [-0.05, 0) is 44.4 Å². The lowest BCUT2D eigenvalue weighted by Gasteiger charge is -2.20. The maximum atomic E-state index is 11.7. The van der Waals surface area contributed by atoms with Gasteiger partial charge in [-0.1, -0.05) is 26.0 Å². The van der Waals surface area contributed by atoms with Gasteiger partial charge in [0, 0.05) is 10.4 Å². The van der Waals surface area contributed by atoms with E-state index < -0.39 is 0 Å². The molecular weight excluding hydrogens is 242 g/mol. The molecule has 0 aliphatic carbocycles. The minimum absolute atomic E-state index is 0.0837. The van der Waals surface area contributed by atoms with Crippen molar-refractivity contribution in [3.8, 4) is 0 Å². The molecule has 1 aromatic carbocycles. The first-order valence-electron chi connectivity index (χ1n) is 6.32. The molecule has 0 bridgehead atoms. The molecule has 18 heavy (non-hydrogen) atoms. The normalized spacial score (nSPS) is 11.7. The van der Waals surface area contributed by atoms with Gasteiger partial charge in [0.05, 0.1) is 5.75 Å².